The molecule has 6 aliphatic rings. The van der Waals surface area contributed by atoms with Gasteiger partial charge in [-0.1, -0.05) is 0 Å². The van der Waals surface area contributed by atoms with Crippen molar-refractivity contribution >= 4 is 11.6 Å². The van der Waals surface area contributed by atoms with Crippen molar-refractivity contribution in [2.75, 3.05) is 0 Å². The van der Waals surface area contributed by atoms with E-state index >= 15 is 0 Å². The number of rotatable bonds is 0. The molecule has 0 aliphatic heterocycles. The van der Waals surface area contributed by atoms with Gasteiger partial charge in [0.1, 0.15) is 11.6 Å². The Morgan fingerprint density at radius 1 is 0.611 bits per heavy atom. The predicted octanol–water partition coefficient (Wildman–Crippen LogP) is 1.93. The maximum Gasteiger partial charge on any atom is 0.136 e. The second kappa shape index (κ2) is 2.48. The number of Topliss-reactive ketones (excluding diaryl/α,β-unsaturated/α-hetero) is 2. The van der Waals surface area contributed by atoms with Crippen LogP contribution in [0.25, 0.3) is 0 Å². The fraction of sp³-hybridized carbons (Fsp3) is 0.875. The molecule has 6 rings (SSSR count). The summed E-state index contributed by atoms with van der Waals surface area (Å²) in [5.41, 5.74) is 0. The molecule has 0 aromatic rings. The van der Waals surface area contributed by atoms with Crippen molar-refractivity contribution in [2.24, 2.45) is 59.2 Å². The molecule has 0 aromatic heterocycles. The first-order valence-electron chi connectivity index (χ1n) is 7.83. The summed E-state index contributed by atoms with van der Waals surface area (Å²) < 4.78 is 0. The molecule has 0 aromatic carbocycles. The van der Waals surface area contributed by atoms with Crippen LogP contribution >= 0.6 is 0 Å². The maximum atomic E-state index is 12.4. The third-order valence-electron chi connectivity index (χ3n) is 8.06. The van der Waals surface area contributed by atoms with E-state index < -0.39 is 0 Å². The minimum Gasteiger partial charge on any atom is -0.299 e. The molecule has 0 radical (unpaired) electrons. The summed E-state index contributed by atoms with van der Waals surface area (Å²) in [6, 6.07) is 0. The highest BCUT2D eigenvalue weighted by Crippen LogP contribution is 2.78. The van der Waals surface area contributed by atoms with Crippen LogP contribution in [0.2, 0.25) is 0 Å². The molecule has 0 heterocycles. The van der Waals surface area contributed by atoms with Crippen molar-refractivity contribution in [3.05, 3.63) is 0 Å². The average molecular weight is 242 g/mol. The van der Waals surface area contributed by atoms with Gasteiger partial charge in [-0.3, -0.25) is 9.59 Å². The van der Waals surface area contributed by atoms with E-state index in [0.717, 1.165) is 36.5 Å². The van der Waals surface area contributed by atoms with Crippen molar-refractivity contribution < 1.29 is 9.59 Å². The Labute approximate surface area is 107 Å². The average Bonchev–Trinajstić information content (AvgIpc) is 3.01. The highest BCUT2D eigenvalue weighted by Gasteiger charge is 2.77. The second-order valence-electron chi connectivity index (χ2n) is 7.93. The summed E-state index contributed by atoms with van der Waals surface area (Å²) in [5, 5.41) is 0. The van der Waals surface area contributed by atoms with Crippen LogP contribution in [-0.4, -0.2) is 11.6 Å². The highest BCUT2D eigenvalue weighted by atomic mass is 16.1. The van der Waals surface area contributed by atoms with Crippen molar-refractivity contribution in [2.45, 2.75) is 25.7 Å². The lowest BCUT2D eigenvalue weighted by Gasteiger charge is -2.18. The van der Waals surface area contributed by atoms with E-state index in [1.807, 2.05) is 0 Å². The lowest BCUT2D eigenvalue weighted by molar-refractivity contribution is -0.122. The molecular formula is C16H18O2. The zero-order chi connectivity index (χ0) is 11.8. The molecule has 2 unspecified atom stereocenters. The monoisotopic (exact) mass is 242 g/mol. The lowest BCUT2D eigenvalue weighted by atomic mass is 9.84. The molecule has 10 atom stereocenters. The first-order valence-corrected chi connectivity index (χ1v) is 7.83. The van der Waals surface area contributed by atoms with Crippen molar-refractivity contribution in [1.82, 2.24) is 0 Å². The third-order valence-corrected chi connectivity index (χ3v) is 8.06. The van der Waals surface area contributed by atoms with Crippen LogP contribution in [0.4, 0.5) is 0 Å². The van der Waals surface area contributed by atoms with E-state index in [4.69, 9.17) is 0 Å². The van der Waals surface area contributed by atoms with E-state index in [9.17, 15) is 9.59 Å². The van der Waals surface area contributed by atoms with Crippen LogP contribution in [-0.2, 0) is 9.59 Å². The van der Waals surface area contributed by atoms with Gasteiger partial charge in [0.2, 0.25) is 0 Å². The van der Waals surface area contributed by atoms with Gasteiger partial charge in [-0.2, -0.15) is 0 Å². The van der Waals surface area contributed by atoms with E-state index in [-0.39, 0.29) is 0 Å². The van der Waals surface area contributed by atoms with Crippen LogP contribution in [0.5, 0.6) is 0 Å². The van der Waals surface area contributed by atoms with Crippen molar-refractivity contribution in [1.29, 1.82) is 0 Å². The lowest BCUT2D eigenvalue weighted by Crippen LogP contribution is -2.22. The van der Waals surface area contributed by atoms with Gasteiger partial charge in [0.15, 0.2) is 0 Å². The molecule has 0 amide bonds. The second-order valence-corrected chi connectivity index (χ2v) is 7.93. The van der Waals surface area contributed by atoms with Crippen LogP contribution in [0.15, 0.2) is 0 Å². The first-order chi connectivity index (χ1) is 8.77. The zero-order valence-corrected chi connectivity index (χ0v) is 10.4. The normalized spacial score (nSPS) is 69.6. The summed E-state index contributed by atoms with van der Waals surface area (Å²) in [7, 11) is 0. The first kappa shape index (κ1) is 9.28. The van der Waals surface area contributed by atoms with Gasteiger partial charge >= 0.3 is 0 Å². The number of fused-ring (bicyclic) bond motifs is 3. The highest BCUT2D eigenvalue weighted by molar-refractivity contribution is 5.89. The zero-order valence-electron chi connectivity index (χ0n) is 10.4. The smallest absolute Gasteiger partial charge is 0.136 e. The number of hydrogen-bond donors (Lipinski definition) is 0. The molecule has 6 fully saturated rings. The van der Waals surface area contributed by atoms with Crippen molar-refractivity contribution in [3.8, 4) is 0 Å². The fourth-order valence-corrected chi connectivity index (χ4v) is 8.21. The van der Waals surface area contributed by atoms with E-state index in [1.54, 1.807) is 0 Å². The molecule has 2 heteroatoms. The summed E-state index contributed by atoms with van der Waals surface area (Å²) in [6.45, 7) is 0. The Balaban J connectivity index is 1.63. The molecule has 6 saturated carbocycles. The molecule has 18 heavy (non-hydrogen) atoms. The molecule has 2 nitrogen and oxygen atoms in total. The quantitative estimate of drug-likeness (QED) is 0.650. The van der Waals surface area contributed by atoms with Crippen LogP contribution in [0, 0.1) is 59.2 Å². The Hall–Kier alpha value is -0.660. The topological polar surface area (TPSA) is 34.1 Å². The SMILES string of the molecule is O=C1C[C@H]2[C@H]3CC(=O)[C@H]4[C@@H]3C3C5[C@@H](CC[C@@H]54)[C@@H]1[C@H]32. The summed E-state index contributed by atoms with van der Waals surface area (Å²) in [6.07, 6.45) is 4.18. The largest absolute Gasteiger partial charge is 0.299 e. The van der Waals surface area contributed by atoms with Crippen LogP contribution in [0.3, 0.4) is 0 Å². The predicted molar refractivity (Wildman–Crippen MR) is 63.4 cm³/mol. The van der Waals surface area contributed by atoms with Gasteiger partial charge in [-0.25, -0.2) is 0 Å². The summed E-state index contributed by atoms with van der Waals surface area (Å²) in [4.78, 5) is 24.8. The Morgan fingerprint density at radius 3 is 1.61 bits per heavy atom. The molecule has 0 saturated heterocycles. The van der Waals surface area contributed by atoms with Gasteiger partial charge in [0.25, 0.3) is 0 Å². The minimum atomic E-state index is 0.441. The Kier molecular flexibility index (Phi) is 1.28. The molecule has 94 valence electrons. The minimum absolute atomic E-state index is 0.441. The number of ketones is 2. The molecule has 0 spiro atoms. The van der Waals surface area contributed by atoms with Crippen molar-refractivity contribution in [3.63, 3.8) is 0 Å². The van der Waals surface area contributed by atoms with E-state index in [1.165, 1.54) is 12.8 Å². The number of hydrogen-bond acceptors (Lipinski definition) is 2. The Bertz CT molecular complexity index is 465. The number of carbonyl (C=O) groups is 2. The van der Waals surface area contributed by atoms with Gasteiger partial charge < -0.3 is 0 Å². The summed E-state index contributed by atoms with van der Waals surface area (Å²) >= 11 is 0. The van der Waals surface area contributed by atoms with Crippen LogP contribution < -0.4 is 0 Å². The number of carbonyl (C=O) groups excluding carboxylic acids is 2. The van der Waals surface area contributed by atoms with Gasteiger partial charge in [0.05, 0.1) is 0 Å². The van der Waals surface area contributed by atoms with Gasteiger partial charge in [-0.05, 0) is 60.2 Å². The fourth-order valence-electron chi connectivity index (χ4n) is 8.21. The third kappa shape index (κ3) is 0.675. The maximum absolute atomic E-state index is 12.4. The molecular weight excluding hydrogens is 224 g/mol. The van der Waals surface area contributed by atoms with Gasteiger partial charge in [0, 0.05) is 24.7 Å². The molecule has 6 aliphatic carbocycles. The van der Waals surface area contributed by atoms with E-state index in [2.05, 4.69) is 0 Å². The van der Waals surface area contributed by atoms with Gasteiger partial charge in [-0.15, -0.1) is 0 Å². The summed E-state index contributed by atoms with van der Waals surface area (Å²) in [5.74, 6) is 7.72. The Morgan fingerprint density at radius 2 is 1.11 bits per heavy atom. The van der Waals surface area contributed by atoms with E-state index in [0.29, 0.717) is 47.1 Å². The molecule has 0 bridgehead atoms. The molecule has 0 N–H and O–H groups in total. The van der Waals surface area contributed by atoms with Crippen LogP contribution in [0.1, 0.15) is 25.7 Å². The standard InChI is InChI=1S/C16H18O2/c17-9-3-7-8-4-10(18)13-6-2-1-5-11(6)16(15(8)13)14(7)12(5)9/h5-8,11-16H,1-4H2/t5-,6+,7+,8-,11?,12-,13-,14+,15+,16?/m0/s1.